The van der Waals surface area contributed by atoms with Gasteiger partial charge in [0.2, 0.25) is 0 Å². The van der Waals surface area contributed by atoms with E-state index in [1.54, 1.807) is 24.3 Å². The highest BCUT2D eigenvalue weighted by Gasteiger charge is 2.39. The summed E-state index contributed by atoms with van der Waals surface area (Å²) in [6.07, 6.45) is 5.96. The van der Waals surface area contributed by atoms with Crippen molar-refractivity contribution in [3.05, 3.63) is 167 Å². The fraction of sp³-hybridized carbons (Fsp3) is 0.346. The van der Waals surface area contributed by atoms with Crippen molar-refractivity contribution in [2.75, 3.05) is 72.0 Å². The second-order valence-electron chi connectivity index (χ2n) is 14.9. The molecule has 5 aromatic rings. The predicted molar refractivity (Wildman–Crippen MR) is 256 cm³/mol. The minimum absolute atomic E-state index is 0.100. The van der Waals surface area contributed by atoms with Crippen LogP contribution in [-0.2, 0) is 19.9 Å². The van der Waals surface area contributed by atoms with Crippen LogP contribution in [0.5, 0.6) is 0 Å². The van der Waals surface area contributed by atoms with Gasteiger partial charge in [-0.3, -0.25) is 0 Å². The molecule has 0 aromatic heterocycles. The quantitative estimate of drug-likeness (QED) is 0.0539. The van der Waals surface area contributed by atoms with Gasteiger partial charge >= 0.3 is 0 Å². The Bertz CT molecular complexity index is 2120. The fourth-order valence-corrected chi connectivity index (χ4v) is 9.11. The SMILES string of the molecule is CCN(CC)c1ccc(C(=CC=CC(OS(=O)(=O)c2ccc(C)cc2)(c2ccc(N(CC)CC)cc2)c2ccc(N(CC)CC)cc2)c2ccc(N(CC)CC)cc2)cc1. The van der Waals surface area contributed by atoms with Crippen LogP contribution in [0.15, 0.2) is 144 Å². The standard InChI is InChI=1S/C52H66N4O3S/c1-10-53(11-2)46-30-22-42(23-31-46)51(43-24-32-47(33-25-43)54(12-3)13-4)19-18-40-52(44-26-34-48(35-27-44)55(14-5)15-6,45-28-36-49(37-29-45)56(16-7)17-8)59-60(57,58)50-38-20-41(9)21-39-50/h18-40H,10-17H2,1-9H3. The van der Waals surface area contributed by atoms with E-state index < -0.39 is 15.7 Å². The molecule has 0 aliphatic heterocycles. The lowest BCUT2D eigenvalue weighted by molar-refractivity contribution is 0.173. The number of benzene rings is 5. The van der Waals surface area contributed by atoms with E-state index in [4.69, 9.17) is 4.18 Å². The average Bonchev–Trinajstić information content (AvgIpc) is 3.28. The lowest BCUT2D eigenvalue weighted by atomic mass is 9.85. The first kappa shape index (κ1) is 45.8. The summed E-state index contributed by atoms with van der Waals surface area (Å²) in [6, 6.07) is 40.5. The third-order valence-corrected chi connectivity index (χ3v) is 12.9. The van der Waals surface area contributed by atoms with E-state index in [-0.39, 0.29) is 4.90 Å². The largest absolute Gasteiger partial charge is 0.372 e. The molecule has 0 fully saturated rings. The zero-order valence-electron chi connectivity index (χ0n) is 37.4. The van der Waals surface area contributed by atoms with Crippen LogP contribution in [0.1, 0.15) is 83.2 Å². The molecule has 5 aromatic carbocycles. The van der Waals surface area contributed by atoms with E-state index in [0.29, 0.717) is 11.1 Å². The van der Waals surface area contributed by atoms with Crippen molar-refractivity contribution in [1.29, 1.82) is 0 Å². The number of allylic oxidation sites excluding steroid dienone is 2. The van der Waals surface area contributed by atoms with Crippen LogP contribution in [0.3, 0.4) is 0 Å². The fourth-order valence-electron chi connectivity index (χ4n) is 7.95. The summed E-state index contributed by atoms with van der Waals surface area (Å²) in [5.41, 5.74) is 8.40. The maximum absolute atomic E-state index is 14.6. The molecule has 0 aliphatic carbocycles. The second-order valence-corrected chi connectivity index (χ2v) is 16.4. The van der Waals surface area contributed by atoms with Crippen LogP contribution in [0.25, 0.3) is 5.57 Å². The number of anilines is 4. The van der Waals surface area contributed by atoms with Crippen molar-refractivity contribution < 1.29 is 12.6 Å². The molecule has 0 N–H and O–H groups in total. The van der Waals surface area contributed by atoms with E-state index in [1.165, 1.54) is 11.4 Å². The molecular weight excluding hydrogens is 761 g/mol. The second kappa shape index (κ2) is 21.3. The highest BCUT2D eigenvalue weighted by Crippen LogP contribution is 2.41. The van der Waals surface area contributed by atoms with Gasteiger partial charge in [-0.15, -0.1) is 0 Å². The Morgan fingerprint density at radius 1 is 0.483 bits per heavy atom. The van der Waals surface area contributed by atoms with Crippen LogP contribution in [0, 0.1) is 6.92 Å². The normalized spacial score (nSPS) is 11.8. The van der Waals surface area contributed by atoms with E-state index in [1.807, 2.05) is 43.3 Å². The smallest absolute Gasteiger partial charge is 0.298 e. The first-order valence-corrected chi connectivity index (χ1v) is 23.2. The molecule has 60 heavy (non-hydrogen) atoms. The lowest BCUT2D eigenvalue weighted by Gasteiger charge is -2.33. The van der Waals surface area contributed by atoms with Crippen molar-refractivity contribution in [3.63, 3.8) is 0 Å². The summed E-state index contributed by atoms with van der Waals surface area (Å²) in [7, 11) is -4.30. The summed E-state index contributed by atoms with van der Waals surface area (Å²) in [5.74, 6) is 0. The summed E-state index contributed by atoms with van der Waals surface area (Å²) in [4.78, 5) is 9.32. The maximum Gasteiger partial charge on any atom is 0.298 e. The highest BCUT2D eigenvalue weighted by molar-refractivity contribution is 7.86. The number of hydrogen-bond acceptors (Lipinski definition) is 7. The molecule has 0 spiro atoms. The summed E-state index contributed by atoms with van der Waals surface area (Å²) >= 11 is 0. The summed E-state index contributed by atoms with van der Waals surface area (Å²) in [5, 5.41) is 0. The maximum atomic E-state index is 14.6. The van der Waals surface area contributed by atoms with Gasteiger partial charge in [-0.1, -0.05) is 78.4 Å². The number of nitrogens with zero attached hydrogens (tertiary/aromatic N) is 4. The zero-order valence-corrected chi connectivity index (χ0v) is 38.2. The Kier molecular flexibility index (Phi) is 16.2. The number of rotatable bonds is 21. The Morgan fingerprint density at radius 3 is 1.12 bits per heavy atom. The monoisotopic (exact) mass is 826 g/mol. The molecule has 0 atom stereocenters. The van der Waals surface area contributed by atoms with Gasteiger partial charge in [0.15, 0.2) is 5.60 Å². The van der Waals surface area contributed by atoms with Crippen molar-refractivity contribution in [3.8, 4) is 0 Å². The molecule has 0 radical (unpaired) electrons. The van der Waals surface area contributed by atoms with E-state index >= 15 is 0 Å². The molecule has 0 heterocycles. The minimum atomic E-state index is -4.30. The molecule has 7 nitrogen and oxygen atoms in total. The minimum Gasteiger partial charge on any atom is -0.372 e. The van der Waals surface area contributed by atoms with Crippen molar-refractivity contribution >= 4 is 38.4 Å². The van der Waals surface area contributed by atoms with Gasteiger partial charge < -0.3 is 19.6 Å². The third kappa shape index (κ3) is 10.5. The molecule has 318 valence electrons. The summed E-state index contributed by atoms with van der Waals surface area (Å²) in [6.45, 7) is 26.3. The highest BCUT2D eigenvalue weighted by atomic mass is 32.2. The Labute approximate surface area is 361 Å². The van der Waals surface area contributed by atoms with E-state index in [9.17, 15) is 8.42 Å². The predicted octanol–water partition coefficient (Wildman–Crippen LogP) is 11.7. The van der Waals surface area contributed by atoms with Crippen LogP contribution >= 0.6 is 0 Å². The van der Waals surface area contributed by atoms with Gasteiger partial charge in [0.1, 0.15) is 0 Å². The molecule has 0 amide bonds. The molecule has 0 unspecified atom stereocenters. The molecule has 8 heteroatoms. The van der Waals surface area contributed by atoms with Gasteiger partial charge in [0.25, 0.3) is 10.1 Å². The van der Waals surface area contributed by atoms with Crippen LogP contribution < -0.4 is 19.6 Å². The molecular formula is C52H66N4O3S. The Balaban J connectivity index is 1.77. The topological polar surface area (TPSA) is 56.3 Å². The third-order valence-electron chi connectivity index (χ3n) is 11.6. The van der Waals surface area contributed by atoms with Crippen molar-refractivity contribution in [2.24, 2.45) is 0 Å². The van der Waals surface area contributed by atoms with Gasteiger partial charge in [0, 0.05) is 75.1 Å². The van der Waals surface area contributed by atoms with Gasteiger partial charge in [0.05, 0.1) is 4.90 Å². The van der Waals surface area contributed by atoms with Crippen LogP contribution in [-0.4, -0.2) is 60.8 Å². The van der Waals surface area contributed by atoms with Gasteiger partial charge in [-0.05, 0) is 157 Å². The number of hydrogen-bond donors (Lipinski definition) is 0. The first-order valence-electron chi connectivity index (χ1n) is 21.8. The van der Waals surface area contributed by atoms with E-state index in [0.717, 1.165) is 86.0 Å². The van der Waals surface area contributed by atoms with E-state index in [2.05, 4.69) is 154 Å². The Hall–Kier alpha value is -5.31. The summed E-state index contributed by atoms with van der Waals surface area (Å²) < 4.78 is 35.8. The van der Waals surface area contributed by atoms with Crippen molar-refractivity contribution in [1.82, 2.24) is 0 Å². The molecule has 0 saturated heterocycles. The van der Waals surface area contributed by atoms with Crippen molar-refractivity contribution in [2.45, 2.75) is 72.8 Å². The van der Waals surface area contributed by atoms with Gasteiger partial charge in [-0.25, -0.2) is 4.18 Å². The molecule has 5 rings (SSSR count). The van der Waals surface area contributed by atoms with Crippen LogP contribution in [0.2, 0.25) is 0 Å². The van der Waals surface area contributed by atoms with Crippen LogP contribution in [0.4, 0.5) is 22.7 Å². The molecule has 0 aliphatic rings. The number of aryl methyl sites for hydroxylation is 1. The zero-order chi connectivity index (χ0) is 43.3. The molecule has 0 bridgehead atoms. The van der Waals surface area contributed by atoms with Gasteiger partial charge in [-0.2, -0.15) is 8.42 Å². The first-order chi connectivity index (χ1) is 29.0. The lowest BCUT2D eigenvalue weighted by Crippen LogP contribution is -2.32. The average molecular weight is 827 g/mol. The molecule has 0 saturated carbocycles. The Morgan fingerprint density at radius 2 is 0.800 bits per heavy atom.